The van der Waals surface area contributed by atoms with Crippen LogP contribution in [0.1, 0.15) is 25.0 Å². The molecule has 1 aromatic heterocycles. The Bertz CT molecular complexity index is 629. The van der Waals surface area contributed by atoms with Crippen molar-refractivity contribution in [2.45, 2.75) is 30.4 Å². The lowest BCUT2D eigenvalue weighted by Crippen LogP contribution is -2.36. The lowest BCUT2D eigenvalue weighted by atomic mass is 9.93. The summed E-state index contributed by atoms with van der Waals surface area (Å²) < 4.78 is 2.39. The van der Waals surface area contributed by atoms with Crippen molar-refractivity contribution in [3.63, 3.8) is 0 Å². The molecular formula is C16H18NS+. The fourth-order valence-corrected chi connectivity index (χ4v) is 4.10. The molecule has 18 heavy (non-hydrogen) atoms. The largest absolute Gasteiger partial charge is 0.218 e. The predicted octanol–water partition coefficient (Wildman–Crippen LogP) is 3.83. The van der Waals surface area contributed by atoms with Crippen LogP contribution < -0.4 is 4.57 Å². The molecule has 1 nitrogen and oxygen atoms in total. The highest BCUT2D eigenvalue weighted by Gasteiger charge is 2.37. The smallest absolute Gasteiger partial charge is 0.201 e. The number of thioether (sulfide) groups is 1. The Kier molecular flexibility index (Phi) is 2.53. The molecule has 3 rings (SSSR count). The second kappa shape index (κ2) is 3.86. The third kappa shape index (κ3) is 1.59. The number of fused-ring (bicyclic) bond motifs is 3. The zero-order valence-electron chi connectivity index (χ0n) is 11.3. The first-order valence-corrected chi connectivity index (χ1v) is 7.10. The summed E-state index contributed by atoms with van der Waals surface area (Å²) in [5.74, 6) is 0. The van der Waals surface area contributed by atoms with E-state index in [9.17, 15) is 0 Å². The summed E-state index contributed by atoms with van der Waals surface area (Å²) in [6, 6.07) is 11.0. The van der Waals surface area contributed by atoms with Crippen molar-refractivity contribution in [3.05, 3.63) is 47.7 Å². The van der Waals surface area contributed by atoms with Crippen LogP contribution in [0.5, 0.6) is 0 Å². The van der Waals surface area contributed by atoms with Gasteiger partial charge < -0.3 is 0 Å². The van der Waals surface area contributed by atoms with Crippen molar-refractivity contribution in [2.75, 3.05) is 0 Å². The van der Waals surface area contributed by atoms with Crippen LogP contribution in [0.15, 0.2) is 41.4 Å². The second-order valence-corrected chi connectivity index (χ2v) is 7.11. The first-order valence-electron chi connectivity index (χ1n) is 6.29. The van der Waals surface area contributed by atoms with E-state index in [0.717, 1.165) is 0 Å². The number of hydrogen-bond donors (Lipinski definition) is 0. The molecule has 0 amide bonds. The standard InChI is InChI=1S/C16H18NS/c1-11-7-5-9-13-14(11)15-12(16(2,3)18-13)8-6-10-17(15)4/h5-10H,1-4H3/q+1. The summed E-state index contributed by atoms with van der Waals surface area (Å²) in [7, 11) is 2.14. The average Bonchev–Trinajstić information content (AvgIpc) is 2.29. The minimum absolute atomic E-state index is 0.134. The topological polar surface area (TPSA) is 3.88 Å². The summed E-state index contributed by atoms with van der Waals surface area (Å²) in [5.41, 5.74) is 5.56. The number of aromatic nitrogens is 1. The van der Waals surface area contributed by atoms with Crippen molar-refractivity contribution in [1.82, 2.24) is 0 Å². The van der Waals surface area contributed by atoms with Gasteiger partial charge in [-0.15, -0.1) is 11.8 Å². The second-order valence-electron chi connectivity index (χ2n) is 5.44. The Balaban J connectivity index is 2.42. The molecule has 2 heterocycles. The Morgan fingerprint density at radius 2 is 1.89 bits per heavy atom. The van der Waals surface area contributed by atoms with Crippen LogP contribution in [0.2, 0.25) is 0 Å². The minimum Gasteiger partial charge on any atom is -0.201 e. The lowest BCUT2D eigenvalue weighted by Gasteiger charge is -2.31. The van der Waals surface area contributed by atoms with Crippen LogP contribution in [0, 0.1) is 6.92 Å². The molecule has 2 heteroatoms. The van der Waals surface area contributed by atoms with Crippen LogP contribution in [0.3, 0.4) is 0 Å². The van der Waals surface area contributed by atoms with Crippen LogP contribution in [0.4, 0.5) is 0 Å². The molecule has 2 aromatic rings. The van der Waals surface area contributed by atoms with Gasteiger partial charge in [-0.1, -0.05) is 12.1 Å². The highest BCUT2D eigenvalue weighted by molar-refractivity contribution is 8.00. The number of aryl methyl sites for hydroxylation is 2. The zero-order valence-corrected chi connectivity index (χ0v) is 12.1. The zero-order chi connectivity index (χ0) is 12.9. The fraction of sp³-hybridized carbons (Fsp3) is 0.312. The van der Waals surface area contributed by atoms with Crippen LogP contribution in [-0.4, -0.2) is 0 Å². The minimum atomic E-state index is 0.134. The molecule has 1 aliphatic rings. The number of nitrogens with zero attached hydrogens (tertiary/aromatic N) is 1. The molecular weight excluding hydrogens is 238 g/mol. The van der Waals surface area contributed by atoms with Gasteiger partial charge >= 0.3 is 0 Å². The Hall–Kier alpha value is -1.28. The third-order valence-corrected chi connectivity index (χ3v) is 4.96. The Morgan fingerprint density at radius 3 is 2.67 bits per heavy atom. The maximum absolute atomic E-state index is 2.31. The van der Waals surface area contributed by atoms with Gasteiger partial charge in [0.2, 0.25) is 5.69 Å². The molecule has 0 saturated heterocycles. The number of rotatable bonds is 0. The molecule has 0 atom stereocenters. The van der Waals surface area contributed by atoms with E-state index in [-0.39, 0.29) is 4.75 Å². The van der Waals surface area contributed by atoms with Gasteiger partial charge in [-0.3, -0.25) is 0 Å². The van der Waals surface area contributed by atoms with Crippen molar-refractivity contribution < 1.29 is 4.57 Å². The molecule has 0 fully saturated rings. The van der Waals surface area contributed by atoms with E-state index >= 15 is 0 Å². The summed E-state index contributed by atoms with van der Waals surface area (Å²) in [6.07, 6.45) is 2.14. The van der Waals surface area contributed by atoms with Gasteiger partial charge in [0.1, 0.15) is 7.05 Å². The van der Waals surface area contributed by atoms with Crippen LogP contribution in [-0.2, 0) is 11.8 Å². The maximum atomic E-state index is 2.31. The summed E-state index contributed by atoms with van der Waals surface area (Å²) in [6.45, 7) is 6.82. The van der Waals surface area contributed by atoms with Gasteiger partial charge in [0.15, 0.2) is 6.20 Å². The van der Waals surface area contributed by atoms with Gasteiger partial charge in [-0.05, 0) is 38.5 Å². The van der Waals surface area contributed by atoms with Gasteiger partial charge in [-0.25, -0.2) is 4.57 Å². The van der Waals surface area contributed by atoms with E-state index in [1.807, 2.05) is 11.8 Å². The number of benzene rings is 1. The van der Waals surface area contributed by atoms with Gasteiger partial charge in [0.05, 0.1) is 5.56 Å². The maximum Gasteiger partial charge on any atom is 0.218 e. The molecule has 1 aliphatic heterocycles. The first kappa shape index (κ1) is 11.8. The van der Waals surface area contributed by atoms with E-state index < -0.39 is 0 Å². The van der Waals surface area contributed by atoms with Crippen molar-refractivity contribution in [1.29, 1.82) is 0 Å². The quantitative estimate of drug-likeness (QED) is 0.648. The molecule has 0 bridgehead atoms. The molecule has 0 radical (unpaired) electrons. The highest BCUT2D eigenvalue weighted by atomic mass is 32.2. The average molecular weight is 256 g/mol. The Morgan fingerprint density at radius 1 is 1.11 bits per heavy atom. The van der Waals surface area contributed by atoms with Gasteiger partial charge in [0.25, 0.3) is 0 Å². The van der Waals surface area contributed by atoms with Crippen molar-refractivity contribution in [2.24, 2.45) is 7.05 Å². The van der Waals surface area contributed by atoms with E-state index in [1.54, 1.807) is 0 Å². The van der Waals surface area contributed by atoms with Gasteiger partial charge in [-0.2, -0.15) is 0 Å². The molecule has 0 unspecified atom stereocenters. The summed E-state index contributed by atoms with van der Waals surface area (Å²) in [4.78, 5) is 1.40. The highest BCUT2D eigenvalue weighted by Crippen LogP contribution is 2.51. The van der Waals surface area contributed by atoms with E-state index in [1.165, 1.54) is 27.3 Å². The summed E-state index contributed by atoms with van der Waals surface area (Å²) >= 11 is 1.97. The molecule has 0 saturated carbocycles. The summed E-state index contributed by atoms with van der Waals surface area (Å²) in [5, 5.41) is 0. The Labute approximate surface area is 113 Å². The van der Waals surface area contributed by atoms with E-state index in [2.05, 4.69) is 68.9 Å². The van der Waals surface area contributed by atoms with Crippen LogP contribution >= 0.6 is 11.8 Å². The fourth-order valence-electron chi connectivity index (χ4n) is 2.77. The molecule has 92 valence electrons. The van der Waals surface area contributed by atoms with Crippen molar-refractivity contribution in [3.8, 4) is 11.3 Å². The number of pyridine rings is 1. The van der Waals surface area contributed by atoms with E-state index in [0.29, 0.717) is 0 Å². The molecule has 1 aromatic carbocycles. The predicted molar refractivity (Wildman–Crippen MR) is 76.7 cm³/mol. The SMILES string of the molecule is Cc1cccc2c1-c1c(ccc[n+]1C)C(C)(C)S2. The molecule has 0 aliphatic carbocycles. The normalized spacial score (nSPS) is 16.0. The van der Waals surface area contributed by atoms with Gasteiger partial charge in [0, 0.05) is 21.3 Å². The van der Waals surface area contributed by atoms with Crippen molar-refractivity contribution >= 4 is 11.8 Å². The first-order chi connectivity index (χ1) is 8.50. The number of hydrogen-bond acceptors (Lipinski definition) is 1. The molecule has 0 spiro atoms. The lowest BCUT2D eigenvalue weighted by molar-refractivity contribution is -0.661. The van der Waals surface area contributed by atoms with Crippen LogP contribution in [0.25, 0.3) is 11.3 Å². The molecule has 0 N–H and O–H groups in total. The monoisotopic (exact) mass is 256 g/mol. The van der Waals surface area contributed by atoms with E-state index in [4.69, 9.17) is 0 Å². The third-order valence-electron chi connectivity index (χ3n) is 3.67.